The molecule has 0 saturated carbocycles. The summed E-state index contributed by atoms with van der Waals surface area (Å²) in [6.07, 6.45) is 3.19. The number of amides is 1. The largest absolute Gasteiger partial charge is 0.507 e. The van der Waals surface area contributed by atoms with Gasteiger partial charge in [-0.05, 0) is 31.0 Å². The van der Waals surface area contributed by atoms with Gasteiger partial charge >= 0.3 is 0 Å². The van der Waals surface area contributed by atoms with Crippen LogP contribution in [-0.2, 0) is 0 Å². The molecule has 18 heavy (non-hydrogen) atoms. The van der Waals surface area contributed by atoms with Crippen LogP contribution in [-0.4, -0.2) is 34.8 Å². The average Bonchev–Trinajstić information content (AvgIpc) is 2.33. The molecule has 0 aliphatic carbocycles. The molecule has 5 heteroatoms. The lowest BCUT2D eigenvalue weighted by Crippen LogP contribution is -2.27. The molecule has 0 bridgehead atoms. The van der Waals surface area contributed by atoms with Crippen LogP contribution in [0.1, 0.15) is 29.6 Å². The Kier molecular flexibility index (Phi) is 6.71. The van der Waals surface area contributed by atoms with E-state index in [2.05, 4.69) is 31.9 Å². The molecule has 0 saturated heterocycles. The highest BCUT2D eigenvalue weighted by Gasteiger charge is 2.15. The number of hydrogen-bond donors (Lipinski definition) is 1. The first-order chi connectivity index (χ1) is 8.56. The number of phenols is 1. The summed E-state index contributed by atoms with van der Waals surface area (Å²) in [5.74, 6) is -0.125. The van der Waals surface area contributed by atoms with Gasteiger partial charge in [-0.3, -0.25) is 4.79 Å². The molecule has 0 radical (unpaired) electrons. The third kappa shape index (κ3) is 4.61. The summed E-state index contributed by atoms with van der Waals surface area (Å²) >= 11 is 6.63. The fraction of sp³-hybridized carbons (Fsp3) is 0.462. The molecule has 0 spiro atoms. The van der Waals surface area contributed by atoms with Crippen molar-refractivity contribution in [1.82, 2.24) is 4.90 Å². The number of benzene rings is 1. The van der Waals surface area contributed by atoms with Gasteiger partial charge in [0.2, 0.25) is 0 Å². The lowest BCUT2D eigenvalue weighted by molar-refractivity contribution is 0.0789. The van der Waals surface area contributed by atoms with E-state index < -0.39 is 0 Å². The lowest BCUT2D eigenvalue weighted by Gasteiger charge is -2.17. The molecule has 0 unspecified atom stereocenters. The molecule has 1 rings (SSSR count). The number of halogens is 2. The minimum absolute atomic E-state index is 0.0154. The van der Waals surface area contributed by atoms with E-state index in [0.29, 0.717) is 12.1 Å². The van der Waals surface area contributed by atoms with Crippen molar-refractivity contribution in [2.45, 2.75) is 19.3 Å². The molecular weight excluding hydrogens is 362 g/mol. The molecule has 0 heterocycles. The third-order valence-corrected chi connectivity index (χ3v) is 3.72. The maximum absolute atomic E-state index is 12.1. The number of rotatable bonds is 6. The Morgan fingerprint density at radius 1 is 1.33 bits per heavy atom. The van der Waals surface area contributed by atoms with Crippen molar-refractivity contribution in [2.24, 2.45) is 0 Å². The highest BCUT2D eigenvalue weighted by molar-refractivity contribution is 9.10. The highest BCUT2D eigenvalue weighted by Crippen LogP contribution is 2.23. The van der Waals surface area contributed by atoms with Crippen molar-refractivity contribution in [3.8, 4) is 5.75 Å². The molecule has 1 N–H and O–H groups in total. The topological polar surface area (TPSA) is 40.5 Å². The van der Waals surface area contributed by atoms with E-state index in [1.54, 1.807) is 24.1 Å². The fourth-order valence-corrected chi connectivity index (χ4v) is 2.36. The van der Waals surface area contributed by atoms with E-state index in [0.717, 1.165) is 29.1 Å². The quantitative estimate of drug-likeness (QED) is 0.604. The normalized spacial score (nSPS) is 10.4. The van der Waals surface area contributed by atoms with Crippen LogP contribution in [0.2, 0.25) is 0 Å². The van der Waals surface area contributed by atoms with Gasteiger partial charge in [-0.1, -0.05) is 38.3 Å². The smallest absolute Gasteiger partial charge is 0.257 e. The summed E-state index contributed by atoms with van der Waals surface area (Å²) in [5, 5.41) is 10.7. The van der Waals surface area contributed by atoms with Crippen molar-refractivity contribution in [3.05, 3.63) is 28.2 Å². The van der Waals surface area contributed by atoms with Gasteiger partial charge in [0.1, 0.15) is 5.75 Å². The number of carbonyl (C=O) groups excluding carboxylic acids is 1. The lowest BCUT2D eigenvalue weighted by atomic mass is 10.1. The van der Waals surface area contributed by atoms with Crippen molar-refractivity contribution in [2.75, 3.05) is 18.9 Å². The Morgan fingerprint density at radius 2 is 2.06 bits per heavy atom. The molecule has 1 aromatic rings. The number of phenolic OH excluding ortho intramolecular Hbond substituents is 1. The zero-order valence-corrected chi connectivity index (χ0v) is 13.5. The van der Waals surface area contributed by atoms with Crippen LogP contribution in [0.4, 0.5) is 0 Å². The van der Waals surface area contributed by atoms with Gasteiger partial charge in [0.15, 0.2) is 0 Å². The van der Waals surface area contributed by atoms with Crippen molar-refractivity contribution in [3.63, 3.8) is 0 Å². The van der Waals surface area contributed by atoms with Crippen LogP contribution in [0, 0.1) is 0 Å². The van der Waals surface area contributed by atoms with Gasteiger partial charge < -0.3 is 10.0 Å². The first-order valence-corrected chi connectivity index (χ1v) is 7.77. The Balaban J connectivity index is 2.57. The van der Waals surface area contributed by atoms with Crippen LogP contribution in [0.25, 0.3) is 0 Å². The maximum atomic E-state index is 12.1. The van der Waals surface area contributed by atoms with E-state index in [4.69, 9.17) is 0 Å². The number of carbonyl (C=O) groups is 1. The van der Waals surface area contributed by atoms with Gasteiger partial charge in [-0.2, -0.15) is 0 Å². The number of alkyl halides is 1. The average molecular weight is 379 g/mol. The summed E-state index contributed by atoms with van der Waals surface area (Å²) in [7, 11) is 1.76. The van der Waals surface area contributed by atoms with Gasteiger partial charge in [-0.15, -0.1) is 0 Å². The second kappa shape index (κ2) is 7.79. The zero-order valence-electron chi connectivity index (χ0n) is 10.3. The van der Waals surface area contributed by atoms with Gasteiger partial charge in [0, 0.05) is 23.4 Å². The summed E-state index contributed by atoms with van der Waals surface area (Å²) in [6, 6.07) is 4.92. The molecule has 0 aliphatic heterocycles. The van der Waals surface area contributed by atoms with Crippen molar-refractivity contribution < 1.29 is 9.90 Å². The molecular formula is C13H17Br2NO2. The predicted octanol–water partition coefficient (Wildman–Crippen LogP) is 3.79. The van der Waals surface area contributed by atoms with Crippen LogP contribution >= 0.6 is 31.9 Å². The van der Waals surface area contributed by atoms with Gasteiger partial charge in [-0.25, -0.2) is 0 Å². The zero-order chi connectivity index (χ0) is 13.5. The van der Waals surface area contributed by atoms with Crippen molar-refractivity contribution in [1.29, 1.82) is 0 Å². The van der Waals surface area contributed by atoms with Crippen molar-refractivity contribution >= 4 is 37.8 Å². The Morgan fingerprint density at radius 3 is 2.67 bits per heavy atom. The first-order valence-electron chi connectivity index (χ1n) is 5.86. The standard InChI is InChI=1S/C13H17Br2NO2/c1-16(8-4-2-3-7-14)13(18)11-6-5-10(15)9-12(11)17/h5-6,9,17H,2-4,7-8H2,1H3. The number of unbranched alkanes of at least 4 members (excludes halogenated alkanes) is 2. The van der Waals surface area contributed by atoms with Gasteiger partial charge in [0.05, 0.1) is 5.56 Å². The van der Waals surface area contributed by atoms with E-state index in [1.807, 2.05) is 0 Å². The Hall–Kier alpha value is -0.550. The second-order valence-electron chi connectivity index (χ2n) is 4.14. The molecule has 1 aromatic carbocycles. The minimum atomic E-state index is -0.140. The first kappa shape index (κ1) is 15.5. The number of nitrogens with zero attached hydrogens (tertiary/aromatic N) is 1. The number of hydrogen-bond acceptors (Lipinski definition) is 2. The minimum Gasteiger partial charge on any atom is -0.507 e. The summed E-state index contributed by atoms with van der Waals surface area (Å²) in [4.78, 5) is 13.7. The SMILES string of the molecule is CN(CCCCCBr)C(=O)c1ccc(Br)cc1O. The van der Waals surface area contributed by atoms with E-state index in [-0.39, 0.29) is 11.7 Å². The molecule has 3 nitrogen and oxygen atoms in total. The second-order valence-corrected chi connectivity index (χ2v) is 5.85. The molecule has 0 aliphatic rings. The summed E-state index contributed by atoms with van der Waals surface area (Å²) in [5.41, 5.74) is 0.348. The van der Waals surface area contributed by atoms with Crippen LogP contribution < -0.4 is 0 Å². The van der Waals surface area contributed by atoms with Gasteiger partial charge in [0.25, 0.3) is 5.91 Å². The number of aromatic hydroxyl groups is 1. The van der Waals surface area contributed by atoms with E-state index >= 15 is 0 Å². The maximum Gasteiger partial charge on any atom is 0.257 e. The Bertz CT molecular complexity index is 410. The fourth-order valence-electron chi connectivity index (χ4n) is 1.61. The van der Waals surface area contributed by atoms with Crippen LogP contribution in [0.15, 0.2) is 22.7 Å². The monoisotopic (exact) mass is 377 g/mol. The molecule has 0 aromatic heterocycles. The highest BCUT2D eigenvalue weighted by atomic mass is 79.9. The van der Waals surface area contributed by atoms with E-state index in [9.17, 15) is 9.90 Å². The predicted molar refractivity (Wildman–Crippen MR) is 80.4 cm³/mol. The molecule has 100 valence electrons. The van der Waals surface area contributed by atoms with Crippen LogP contribution in [0.3, 0.4) is 0 Å². The third-order valence-electron chi connectivity index (χ3n) is 2.66. The summed E-state index contributed by atoms with van der Waals surface area (Å²) in [6.45, 7) is 0.710. The van der Waals surface area contributed by atoms with Crippen LogP contribution in [0.5, 0.6) is 5.75 Å². The summed E-state index contributed by atoms with van der Waals surface area (Å²) < 4.78 is 0.761. The molecule has 0 atom stereocenters. The molecule has 1 amide bonds. The van der Waals surface area contributed by atoms with E-state index in [1.165, 1.54) is 6.07 Å². The molecule has 0 fully saturated rings. The Labute approximate surface area is 124 Å².